The summed E-state index contributed by atoms with van der Waals surface area (Å²) < 4.78 is 7.13. The smallest absolute Gasteiger partial charge is 0.263 e. The van der Waals surface area contributed by atoms with Gasteiger partial charge in [0, 0.05) is 16.6 Å². The van der Waals surface area contributed by atoms with E-state index in [1.807, 2.05) is 47.8 Å². The van der Waals surface area contributed by atoms with Gasteiger partial charge < -0.3 is 10.1 Å². The van der Waals surface area contributed by atoms with Crippen molar-refractivity contribution < 1.29 is 9.53 Å². The van der Waals surface area contributed by atoms with E-state index >= 15 is 0 Å². The van der Waals surface area contributed by atoms with Crippen LogP contribution in [0.3, 0.4) is 0 Å². The number of para-hydroxylation sites is 1. The highest BCUT2D eigenvalue weighted by molar-refractivity contribution is 7.17. The second-order valence-electron chi connectivity index (χ2n) is 8.05. The minimum absolute atomic E-state index is 0.131. The molecular weight excluding hydrogens is 458 g/mol. The number of ether oxygens (including phenoxy) is 1. The van der Waals surface area contributed by atoms with Crippen molar-refractivity contribution in [2.75, 3.05) is 5.32 Å². The van der Waals surface area contributed by atoms with E-state index < -0.39 is 0 Å². The largest absolute Gasteiger partial charge is 0.457 e. The third-order valence-corrected chi connectivity index (χ3v) is 6.55. The maximum atomic E-state index is 13.2. The molecule has 0 radical (unpaired) electrons. The third kappa shape index (κ3) is 5.00. The van der Waals surface area contributed by atoms with E-state index in [2.05, 4.69) is 29.4 Å². The second kappa shape index (κ2) is 9.95. The normalized spacial score (nSPS) is 10.9. The Morgan fingerprint density at radius 1 is 0.971 bits per heavy atom. The molecule has 174 valence electrons. The van der Waals surface area contributed by atoms with Crippen molar-refractivity contribution in [2.45, 2.75) is 19.9 Å². The van der Waals surface area contributed by atoms with Crippen LogP contribution in [0.15, 0.2) is 95.4 Å². The van der Waals surface area contributed by atoms with Crippen LogP contribution < -0.4 is 15.6 Å². The lowest BCUT2D eigenvalue weighted by molar-refractivity contribution is -0.116. The van der Waals surface area contributed by atoms with Gasteiger partial charge in [-0.2, -0.15) is 0 Å². The number of thiophene rings is 1. The van der Waals surface area contributed by atoms with Gasteiger partial charge in [-0.1, -0.05) is 49.4 Å². The lowest BCUT2D eigenvalue weighted by Gasteiger charge is -2.09. The summed E-state index contributed by atoms with van der Waals surface area (Å²) in [6.45, 7) is 1.98. The maximum absolute atomic E-state index is 13.2. The molecule has 0 aliphatic rings. The van der Waals surface area contributed by atoms with Gasteiger partial charge in [-0.15, -0.1) is 11.3 Å². The van der Waals surface area contributed by atoms with E-state index in [1.165, 1.54) is 27.8 Å². The first-order valence-electron chi connectivity index (χ1n) is 11.3. The minimum atomic E-state index is -0.311. The van der Waals surface area contributed by atoms with E-state index in [1.54, 1.807) is 24.3 Å². The molecule has 5 aromatic rings. The van der Waals surface area contributed by atoms with E-state index in [9.17, 15) is 9.59 Å². The Hall–Kier alpha value is -4.23. The molecule has 0 fully saturated rings. The fourth-order valence-electron chi connectivity index (χ4n) is 3.80. The molecule has 5 rings (SSSR count). The van der Waals surface area contributed by atoms with Crippen molar-refractivity contribution in [1.82, 2.24) is 9.55 Å². The summed E-state index contributed by atoms with van der Waals surface area (Å²) in [6.07, 6.45) is 2.39. The molecule has 0 saturated carbocycles. The predicted octanol–water partition coefficient (Wildman–Crippen LogP) is 6.12. The van der Waals surface area contributed by atoms with Gasteiger partial charge in [0.05, 0.1) is 11.7 Å². The number of benzene rings is 3. The summed E-state index contributed by atoms with van der Waals surface area (Å²) in [4.78, 5) is 31.0. The first-order chi connectivity index (χ1) is 17.1. The minimum Gasteiger partial charge on any atom is -0.457 e. The van der Waals surface area contributed by atoms with E-state index in [0.29, 0.717) is 21.7 Å². The molecule has 7 heteroatoms. The van der Waals surface area contributed by atoms with Crippen LogP contribution in [0.5, 0.6) is 11.5 Å². The molecule has 1 N–H and O–H groups in total. The number of nitrogens with zero attached hydrogens (tertiary/aromatic N) is 2. The Morgan fingerprint density at radius 3 is 2.40 bits per heavy atom. The lowest BCUT2D eigenvalue weighted by atomic mass is 10.0. The van der Waals surface area contributed by atoms with Gasteiger partial charge in [0.2, 0.25) is 5.91 Å². The number of hydrogen-bond acceptors (Lipinski definition) is 5. The van der Waals surface area contributed by atoms with Gasteiger partial charge in [0.25, 0.3) is 5.56 Å². The number of carbonyl (C=O) groups is 1. The van der Waals surface area contributed by atoms with Gasteiger partial charge in [0.1, 0.15) is 22.9 Å². The van der Waals surface area contributed by atoms with Crippen LogP contribution in [0.25, 0.3) is 21.3 Å². The third-order valence-electron chi connectivity index (χ3n) is 5.66. The molecule has 0 aliphatic carbocycles. The Kier molecular flexibility index (Phi) is 6.41. The summed E-state index contributed by atoms with van der Waals surface area (Å²) in [5, 5.41) is 5.32. The van der Waals surface area contributed by atoms with Crippen LogP contribution in [0.4, 0.5) is 5.69 Å². The van der Waals surface area contributed by atoms with Crippen LogP contribution in [0.1, 0.15) is 12.5 Å². The second-order valence-corrected chi connectivity index (χ2v) is 8.90. The zero-order valence-electron chi connectivity index (χ0n) is 19.1. The van der Waals surface area contributed by atoms with Crippen molar-refractivity contribution in [3.63, 3.8) is 0 Å². The monoisotopic (exact) mass is 481 g/mol. The fourth-order valence-corrected chi connectivity index (χ4v) is 4.71. The Morgan fingerprint density at radius 2 is 1.69 bits per heavy atom. The van der Waals surface area contributed by atoms with Crippen LogP contribution in [0.2, 0.25) is 0 Å². The van der Waals surface area contributed by atoms with Gasteiger partial charge in [-0.3, -0.25) is 14.2 Å². The Labute approximate surface area is 206 Å². The molecule has 0 aliphatic heterocycles. The van der Waals surface area contributed by atoms with Gasteiger partial charge in [-0.25, -0.2) is 4.98 Å². The van der Waals surface area contributed by atoms with Gasteiger partial charge in [-0.05, 0) is 53.9 Å². The van der Waals surface area contributed by atoms with Crippen LogP contribution in [-0.4, -0.2) is 15.5 Å². The highest BCUT2D eigenvalue weighted by atomic mass is 32.1. The molecule has 2 aromatic heterocycles. The highest BCUT2D eigenvalue weighted by Gasteiger charge is 2.15. The number of aryl methyl sites for hydroxylation is 1. The standard InChI is InChI=1S/C28H23N3O3S/c1-2-19-8-10-20(11-9-19)24-17-35-27-26(24)28(33)31(18-29-27)16-25(32)30-21-12-14-23(15-13-21)34-22-6-4-3-5-7-22/h3-15,17-18H,2,16H2,1H3,(H,30,32). The van der Waals surface area contributed by atoms with Crippen LogP contribution in [0, 0.1) is 0 Å². The molecule has 0 spiro atoms. The molecule has 0 atom stereocenters. The number of amides is 1. The summed E-state index contributed by atoms with van der Waals surface area (Å²) in [6, 6.07) is 24.7. The number of aromatic nitrogens is 2. The van der Waals surface area contributed by atoms with Crippen LogP contribution >= 0.6 is 11.3 Å². The Bertz CT molecular complexity index is 1520. The zero-order valence-corrected chi connectivity index (χ0v) is 19.9. The number of nitrogens with one attached hydrogen (secondary N) is 1. The van der Waals surface area contributed by atoms with Crippen molar-refractivity contribution >= 4 is 33.1 Å². The first-order valence-corrected chi connectivity index (χ1v) is 12.2. The summed E-state index contributed by atoms with van der Waals surface area (Å²) in [5.41, 5.74) is 3.43. The Balaban J connectivity index is 1.31. The number of carbonyl (C=O) groups excluding carboxylic acids is 1. The van der Waals surface area contributed by atoms with Crippen molar-refractivity contribution in [2.24, 2.45) is 0 Å². The summed E-state index contributed by atoms with van der Waals surface area (Å²) >= 11 is 1.43. The van der Waals surface area contributed by atoms with Crippen molar-refractivity contribution in [1.29, 1.82) is 0 Å². The van der Waals surface area contributed by atoms with Gasteiger partial charge >= 0.3 is 0 Å². The van der Waals surface area contributed by atoms with E-state index in [-0.39, 0.29) is 18.0 Å². The molecule has 0 saturated heterocycles. The topological polar surface area (TPSA) is 73.2 Å². The van der Waals surface area contributed by atoms with E-state index in [0.717, 1.165) is 23.3 Å². The van der Waals surface area contributed by atoms with Crippen molar-refractivity contribution in [3.8, 4) is 22.6 Å². The highest BCUT2D eigenvalue weighted by Crippen LogP contribution is 2.31. The maximum Gasteiger partial charge on any atom is 0.263 e. The fraction of sp³-hybridized carbons (Fsp3) is 0.107. The SMILES string of the molecule is CCc1ccc(-c2csc3ncn(CC(=O)Nc4ccc(Oc5ccccc5)cc4)c(=O)c23)cc1. The average Bonchev–Trinajstić information content (AvgIpc) is 3.33. The molecule has 1 amide bonds. The predicted molar refractivity (Wildman–Crippen MR) is 140 cm³/mol. The van der Waals surface area contributed by atoms with Crippen molar-refractivity contribution in [3.05, 3.63) is 106 Å². The lowest BCUT2D eigenvalue weighted by Crippen LogP contribution is -2.27. The number of hydrogen-bond donors (Lipinski definition) is 1. The number of anilines is 1. The number of fused-ring (bicyclic) bond motifs is 1. The molecular formula is C28H23N3O3S. The quantitative estimate of drug-likeness (QED) is 0.304. The molecule has 3 aromatic carbocycles. The summed E-state index contributed by atoms with van der Waals surface area (Å²) in [7, 11) is 0. The zero-order chi connectivity index (χ0) is 24.2. The van der Waals surface area contributed by atoms with Crippen LogP contribution in [-0.2, 0) is 17.8 Å². The average molecular weight is 482 g/mol. The van der Waals surface area contributed by atoms with E-state index in [4.69, 9.17) is 4.74 Å². The first kappa shape index (κ1) is 22.6. The molecule has 35 heavy (non-hydrogen) atoms. The summed E-state index contributed by atoms with van der Waals surface area (Å²) in [5.74, 6) is 1.09. The number of rotatable bonds is 7. The molecule has 0 unspecified atom stereocenters. The molecule has 2 heterocycles. The van der Waals surface area contributed by atoms with Gasteiger partial charge in [0.15, 0.2) is 0 Å². The molecule has 0 bridgehead atoms. The molecule has 6 nitrogen and oxygen atoms in total.